The topological polar surface area (TPSA) is 85.2 Å². The molecule has 0 saturated carbocycles. The van der Waals surface area contributed by atoms with Gasteiger partial charge < -0.3 is 24.4 Å². The van der Waals surface area contributed by atoms with Crippen LogP contribution in [-0.2, 0) is 19.0 Å². The van der Waals surface area contributed by atoms with Crippen LogP contribution in [0.25, 0.3) is 0 Å². The molecule has 128 valence electrons. The van der Waals surface area contributed by atoms with Gasteiger partial charge in [-0.1, -0.05) is 13.3 Å². The third-order valence-corrected chi connectivity index (χ3v) is 2.30. The second-order valence-electron chi connectivity index (χ2n) is 5.01. The van der Waals surface area contributed by atoms with Crippen molar-refractivity contribution in [2.24, 2.45) is 0 Å². The van der Waals surface area contributed by atoms with Crippen molar-refractivity contribution in [3.05, 3.63) is 0 Å². The highest BCUT2D eigenvalue weighted by Gasteiger charge is 2.07. The molecule has 0 rings (SSSR count). The van der Waals surface area contributed by atoms with Crippen LogP contribution in [0.1, 0.15) is 47.5 Å². The van der Waals surface area contributed by atoms with Gasteiger partial charge in [-0.15, -0.1) is 0 Å². The smallest absolute Gasteiger partial charge is 0.302 e. The van der Waals surface area contributed by atoms with E-state index in [4.69, 9.17) is 19.7 Å². The van der Waals surface area contributed by atoms with Crippen LogP contribution in [-0.4, -0.2) is 60.9 Å². The Morgan fingerprint density at radius 3 is 2.10 bits per heavy atom. The maximum absolute atomic E-state index is 10.1. The van der Waals surface area contributed by atoms with Gasteiger partial charge in [-0.2, -0.15) is 0 Å². The summed E-state index contributed by atoms with van der Waals surface area (Å²) in [5.74, 6) is -0.182. The first-order valence-corrected chi connectivity index (χ1v) is 7.48. The summed E-state index contributed by atoms with van der Waals surface area (Å²) in [5.41, 5.74) is 0. The average Bonchev–Trinajstić information content (AvgIpc) is 2.43. The number of rotatable bonds is 10. The molecule has 0 aliphatic heterocycles. The molecule has 0 radical (unpaired) electrons. The maximum Gasteiger partial charge on any atom is 0.302 e. The SMILES string of the molecule is CC(O)COC(C)COC(C)CO.CCCCOC(C)=O. The van der Waals surface area contributed by atoms with Crippen molar-refractivity contribution in [1.82, 2.24) is 0 Å². The van der Waals surface area contributed by atoms with Crippen LogP contribution in [0.2, 0.25) is 0 Å². The first kappa shape index (κ1) is 22.6. The molecule has 6 heteroatoms. The molecule has 6 nitrogen and oxygen atoms in total. The number of carbonyl (C=O) groups is 1. The van der Waals surface area contributed by atoms with Crippen LogP contribution < -0.4 is 0 Å². The van der Waals surface area contributed by atoms with Crippen molar-refractivity contribution in [3.8, 4) is 0 Å². The fraction of sp³-hybridized carbons (Fsp3) is 0.933. The van der Waals surface area contributed by atoms with Gasteiger partial charge in [0.05, 0.1) is 44.7 Å². The number of aliphatic hydroxyl groups excluding tert-OH is 2. The third-order valence-electron chi connectivity index (χ3n) is 2.30. The first-order valence-electron chi connectivity index (χ1n) is 7.48. The van der Waals surface area contributed by atoms with Gasteiger partial charge in [-0.05, 0) is 27.2 Å². The number of aliphatic hydroxyl groups is 2. The van der Waals surface area contributed by atoms with Crippen molar-refractivity contribution in [3.63, 3.8) is 0 Å². The van der Waals surface area contributed by atoms with Crippen LogP contribution in [0.15, 0.2) is 0 Å². The van der Waals surface area contributed by atoms with Crippen molar-refractivity contribution >= 4 is 5.97 Å². The summed E-state index contributed by atoms with van der Waals surface area (Å²) < 4.78 is 15.1. The van der Waals surface area contributed by atoms with E-state index in [1.165, 1.54) is 6.92 Å². The molecule has 0 bridgehead atoms. The van der Waals surface area contributed by atoms with Crippen LogP contribution in [0.5, 0.6) is 0 Å². The molecule has 21 heavy (non-hydrogen) atoms. The second kappa shape index (κ2) is 15.7. The van der Waals surface area contributed by atoms with Gasteiger partial charge in [0.25, 0.3) is 0 Å². The molecule has 0 spiro atoms. The van der Waals surface area contributed by atoms with Crippen LogP contribution in [0.4, 0.5) is 0 Å². The van der Waals surface area contributed by atoms with E-state index in [-0.39, 0.29) is 24.8 Å². The highest BCUT2D eigenvalue weighted by atomic mass is 16.5. The Morgan fingerprint density at radius 2 is 1.67 bits per heavy atom. The van der Waals surface area contributed by atoms with Gasteiger partial charge in [-0.25, -0.2) is 0 Å². The Balaban J connectivity index is 0. The Labute approximate surface area is 128 Å². The summed E-state index contributed by atoms with van der Waals surface area (Å²) >= 11 is 0. The van der Waals surface area contributed by atoms with Gasteiger partial charge in [-0.3, -0.25) is 4.79 Å². The minimum atomic E-state index is -0.447. The van der Waals surface area contributed by atoms with E-state index >= 15 is 0 Å². The van der Waals surface area contributed by atoms with Crippen LogP contribution in [0.3, 0.4) is 0 Å². The summed E-state index contributed by atoms with van der Waals surface area (Å²) in [5, 5.41) is 17.6. The first-order chi connectivity index (χ1) is 9.83. The predicted molar refractivity (Wildman–Crippen MR) is 81.1 cm³/mol. The number of unbranched alkanes of at least 4 members (excludes halogenated alkanes) is 1. The van der Waals surface area contributed by atoms with Crippen molar-refractivity contribution in [1.29, 1.82) is 0 Å². The lowest BCUT2D eigenvalue weighted by Crippen LogP contribution is -2.24. The molecule has 0 amide bonds. The largest absolute Gasteiger partial charge is 0.466 e. The van der Waals surface area contributed by atoms with E-state index in [1.54, 1.807) is 13.8 Å². The Bertz CT molecular complexity index is 232. The summed E-state index contributed by atoms with van der Waals surface area (Å²) in [7, 11) is 0. The van der Waals surface area contributed by atoms with E-state index in [2.05, 4.69) is 11.7 Å². The number of ether oxygens (including phenoxy) is 3. The fourth-order valence-corrected chi connectivity index (χ4v) is 1.06. The van der Waals surface area contributed by atoms with Gasteiger partial charge in [0.15, 0.2) is 0 Å². The van der Waals surface area contributed by atoms with Crippen LogP contribution >= 0.6 is 0 Å². The average molecular weight is 308 g/mol. The lowest BCUT2D eigenvalue weighted by molar-refractivity contribution is -0.141. The molecule has 3 atom stereocenters. The summed E-state index contributed by atoms with van der Waals surface area (Å²) in [6.45, 7) is 10.2. The molecule has 0 fully saturated rings. The van der Waals surface area contributed by atoms with E-state index in [9.17, 15) is 4.79 Å². The molecule has 0 aliphatic carbocycles. The lowest BCUT2D eigenvalue weighted by atomic mass is 10.4. The molecule has 0 aromatic rings. The van der Waals surface area contributed by atoms with Gasteiger partial charge in [0.2, 0.25) is 0 Å². The van der Waals surface area contributed by atoms with Crippen molar-refractivity contribution < 1.29 is 29.2 Å². The number of carbonyl (C=O) groups excluding carboxylic acids is 1. The Morgan fingerprint density at radius 1 is 1.10 bits per heavy atom. The monoisotopic (exact) mass is 308 g/mol. The summed E-state index contributed by atoms with van der Waals surface area (Å²) in [6.07, 6.45) is 1.39. The predicted octanol–water partition coefficient (Wildman–Crippen LogP) is 1.52. The van der Waals surface area contributed by atoms with Crippen molar-refractivity contribution in [2.75, 3.05) is 26.4 Å². The molecular weight excluding hydrogens is 276 g/mol. The standard InChI is InChI=1S/C9H20O4.C6H12O2/c1-7(11)5-12-9(3)6-13-8(2)4-10;1-3-4-5-8-6(2)7/h7-11H,4-6H2,1-3H3;3-5H2,1-2H3. The lowest BCUT2D eigenvalue weighted by Gasteiger charge is -2.16. The molecule has 3 unspecified atom stereocenters. The number of esters is 1. The van der Waals surface area contributed by atoms with E-state index in [0.29, 0.717) is 19.8 Å². The molecule has 0 aliphatic rings. The summed E-state index contributed by atoms with van der Waals surface area (Å²) in [6, 6.07) is 0. The van der Waals surface area contributed by atoms with Crippen LogP contribution in [0, 0.1) is 0 Å². The highest BCUT2D eigenvalue weighted by Crippen LogP contribution is 1.97. The summed E-state index contributed by atoms with van der Waals surface area (Å²) in [4.78, 5) is 10.1. The Kier molecular flexibility index (Phi) is 16.9. The highest BCUT2D eigenvalue weighted by molar-refractivity contribution is 5.65. The van der Waals surface area contributed by atoms with Crippen molar-refractivity contribution in [2.45, 2.75) is 65.8 Å². The van der Waals surface area contributed by atoms with Gasteiger partial charge in [0.1, 0.15) is 0 Å². The van der Waals surface area contributed by atoms with E-state index in [0.717, 1.165) is 12.8 Å². The number of hydrogen-bond donors (Lipinski definition) is 2. The molecule has 0 aromatic heterocycles. The van der Waals surface area contributed by atoms with Gasteiger partial charge in [0, 0.05) is 6.92 Å². The molecule has 0 heterocycles. The number of hydrogen-bond acceptors (Lipinski definition) is 6. The quantitative estimate of drug-likeness (QED) is 0.470. The zero-order chi connectivity index (χ0) is 16.7. The molecule has 2 N–H and O–H groups in total. The fourth-order valence-electron chi connectivity index (χ4n) is 1.06. The zero-order valence-electron chi connectivity index (χ0n) is 14.0. The molecule has 0 saturated heterocycles. The normalized spacial score (nSPS) is 14.6. The zero-order valence-corrected chi connectivity index (χ0v) is 14.0. The second-order valence-corrected chi connectivity index (χ2v) is 5.01. The molecular formula is C15H32O6. The molecule has 0 aromatic carbocycles. The Hall–Kier alpha value is -0.690. The maximum atomic E-state index is 10.1. The van der Waals surface area contributed by atoms with E-state index in [1.807, 2.05) is 6.92 Å². The van der Waals surface area contributed by atoms with E-state index < -0.39 is 6.10 Å². The third kappa shape index (κ3) is 21.8. The minimum Gasteiger partial charge on any atom is -0.466 e. The van der Waals surface area contributed by atoms with Gasteiger partial charge >= 0.3 is 5.97 Å². The minimum absolute atomic E-state index is 0.0170.